The third-order valence-electron chi connectivity index (χ3n) is 6.98. The number of nitrogens with one attached hydrogen (secondary N) is 2. The number of carbonyl (C=O) groups excluding carboxylic acids is 3. The second-order valence-corrected chi connectivity index (χ2v) is 9.81. The van der Waals surface area contributed by atoms with Crippen LogP contribution in [0.15, 0.2) is 18.2 Å². The van der Waals surface area contributed by atoms with Gasteiger partial charge in [-0.2, -0.15) is 0 Å². The molecule has 2 aliphatic rings. The van der Waals surface area contributed by atoms with Crippen molar-refractivity contribution in [2.24, 2.45) is 11.8 Å². The highest BCUT2D eigenvalue weighted by Gasteiger charge is 2.31. The van der Waals surface area contributed by atoms with Crippen LogP contribution < -0.4 is 15.4 Å². The van der Waals surface area contributed by atoms with Crippen LogP contribution in [0.3, 0.4) is 0 Å². The van der Waals surface area contributed by atoms with E-state index < -0.39 is 0 Å². The number of carbonyl (C=O) groups is 3. The molecule has 1 aliphatic carbocycles. The molecule has 1 aromatic rings. The maximum absolute atomic E-state index is 13.3. The SMILES string of the molecule is CCCNC(=O)N1C[C@@H](C)[C@@H](OC)CN(C)C(=O)c2ccc(NC(=O)C3CCC3)cc2OC[C@H]1C. The summed E-state index contributed by atoms with van der Waals surface area (Å²) in [6.07, 6.45) is 3.48. The number of amides is 4. The van der Waals surface area contributed by atoms with Crippen molar-refractivity contribution in [2.45, 2.75) is 58.6 Å². The van der Waals surface area contributed by atoms with Gasteiger partial charge in [0.1, 0.15) is 12.4 Å². The molecule has 0 unspecified atom stereocenters. The van der Waals surface area contributed by atoms with Gasteiger partial charge in [0.15, 0.2) is 0 Å². The number of rotatable bonds is 5. The molecule has 9 nitrogen and oxygen atoms in total. The van der Waals surface area contributed by atoms with E-state index in [4.69, 9.17) is 9.47 Å². The zero-order valence-corrected chi connectivity index (χ0v) is 21.6. The molecule has 1 aliphatic heterocycles. The van der Waals surface area contributed by atoms with Crippen LogP contribution in [0.2, 0.25) is 0 Å². The minimum absolute atomic E-state index is 0.00291. The molecule has 194 valence electrons. The summed E-state index contributed by atoms with van der Waals surface area (Å²) in [7, 11) is 3.36. The van der Waals surface area contributed by atoms with Crippen LogP contribution in [0.25, 0.3) is 0 Å². The molecule has 1 heterocycles. The third kappa shape index (κ3) is 6.66. The van der Waals surface area contributed by atoms with E-state index in [1.165, 1.54) is 0 Å². The third-order valence-corrected chi connectivity index (χ3v) is 6.98. The van der Waals surface area contributed by atoms with Gasteiger partial charge >= 0.3 is 6.03 Å². The molecule has 0 aromatic heterocycles. The summed E-state index contributed by atoms with van der Waals surface area (Å²) >= 11 is 0. The van der Waals surface area contributed by atoms with E-state index in [0.717, 1.165) is 25.7 Å². The molecule has 0 spiro atoms. The highest BCUT2D eigenvalue weighted by molar-refractivity contribution is 5.99. The van der Waals surface area contributed by atoms with Crippen LogP contribution in [0.5, 0.6) is 5.75 Å². The van der Waals surface area contributed by atoms with Crippen molar-refractivity contribution in [3.63, 3.8) is 0 Å². The van der Waals surface area contributed by atoms with E-state index in [0.29, 0.717) is 36.6 Å². The van der Waals surface area contributed by atoms with Crippen molar-refractivity contribution < 1.29 is 23.9 Å². The second-order valence-electron chi connectivity index (χ2n) is 9.81. The number of likely N-dealkylation sites (N-methyl/N-ethyl adjacent to an activating group) is 1. The van der Waals surface area contributed by atoms with Crippen molar-refractivity contribution in [3.05, 3.63) is 23.8 Å². The molecule has 1 aromatic carbocycles. The maximum Gasteiger partial charge on any atom is 0.317 e. The molecule has 1 fully saturated rings. The molecular weight excluding hydrogens is 448 g/mol. The van der Waals surface area contributed by atoms with Gasteiger partial charge in [-0.3, -0.25) is 9.59 Å². The zero-order chi connectivity index (χ0) is 25.5. The zero-order valence-electron chi connectivity index (χ0n) is 21.6. The van der Waals surface area contributed by atoms with Gasteiger partial charge < -0.3 is 29.9 Å². The van der Waals surface area contributed by atoms with E-state index in [-0.39, 0.29) is 48.4 Å². The van der Waals surface area contributed by atoms with E-state index in [1.54, 1.807) is 42.2 Å². The van der Waals surface area contributed by atoms with Crippen LogP contribution in [0.4, 0.5) is 10.5 Å². The number of hydrogen-bond donors (Lipinski definition) is 2. The van der Waals surface area contributed by atoms with E-state index in [2.05, 4.69) is 10.6 Å². The Morgan fingerprint density at radius 3 is 2.57 bits per heavy atom. The number of ether oxygens (including phenoxy) is 2. The fourth-order valence-electron chi connectivity index (χ4n) is 4.38. The van der Waals surface area contributed by atoms with Crippen molar-refractivity contribution >= 4 is 23.5 Å². The fourth-order valence-corrected chi connectivity index (χ4v) is 4.38. The lowest BCUT2D eigenvalue weighted by molar-refractivity contribution is -0.122. The van der Waals surface area contributed by atoms with Crippen LogP contribution >= 0.6 is 0 Å². The van der Waals surface area contributed by atoms with Crippen molar-refractivity contribution in [1.82, 2.24) is 15.1 Å². The Hall–Kier alpha value is -2.81. The summed E-state index contributed by atoms with van der Waals surface area (Å²) in [5.41, 5.74) is 1.00. The van der Waals surface area contributed by atoms with Crippen LogP contribution in [-0.4, -0.2) is 80.2 Å². The van der Waals surface area contributed by atoms with E-state index in [1.807, 2.05) is 20.8 Å². The average Bonchev–Trinajstić information content (AvgIpc) is 2.80. The molecule has 3 atom stereocenters. The van der Waals surface area contributed by atoms with Crippen LogP contribution in [-0.2, 0) is 9.53 Å². The summed E-state index contributed by atoms with van der Waals surface area (Å²) in [5, 5.41) is 5.92. The van der Waals surface area contributed by atoms with Crippen molar-refractivity contribution in [1.29, 1.82) is 0 Å². The Morgan fingerprint density at radius 1 is 1.20 bits per heavy atom. The van der Waals surface area contributed by atoms with E-state index >= 15 is 0 Å². The first-order chi connectivity index (χ1) is 16.7. The molecule has 1 saturated carbocycles. The van der Waals surface area contributed by atoms with Gasteiger partial charge in [-0.25, -0.2) is 4.79 Å². The second kappa shape index (κ2) is 12.2. The first-order valence-electron chi connectivity index (χ1n) is 12.7. The highest BCUT2D eigenvalue weighted by atomic mass is 16.5. The molecule has 35 heavy (non-hydrogen) atoms. The summed E-state index contributed by atoms with van der Waals surface area (Å²) in [4.78, 5) is 42.1. The minimum atomic E-state index is -0.250. The number of hydrogen-bond acceptors (Lipinski definition) is 5. The van der Waals surface area contributed by atoms with Crippen LogP contribution in [0.1, 0.15) is 56.8 Å². The average molecular weight is 489 g/mol. The maximum atomic E-state index is 13.3. The first-order valence-corrected chi connectivity index (χ1v) is 12.7. The fraction of sp³-hybridized carbons (Fsp3) is 0.654. The largest absolute Gasteiger partial charge is 0.491 e. The topological polar surface area (TPSA) is 100 Å². The number of benzene rings is 1. The number of methoxy groups -OCH3 is 1. The molecule has 0 bridgehead atoms. The van der Waals surface area contributed by atoms with Gasteiger partial charge in [0.25, 0.3) is 5.91 Å². The lowest BCUT2D eigenvalue weighted by Gasteiger charge is -2.36. The lowest BCUT2D eigenvalue weighted by Crippen LogP contribution is -2.51. The molecule has 0 radical (unpaired) electrons. The summed E-state index contributed by atoms with van der Waals surface area (Å²) in [6.45, 7) is 7.60. The monoisotopic (exact) mass is 488 g/mol. The van der Waals surface area contributed by atoms with Crippen molar-refractivity contribution in [3.8, 4) is 5.75 Å². The van der Waals surface area contributed by atoms with Gasteiger partial charge in [-0.05, 0) is 38.3 Å². The molecule has 9 heteroatoms. The summed E-state index contributed by atoms with van der Waals surface area (Å²) < 4.78 is 11.9. The predicted molar refractivity (Wildman–Crippen MR) is 135 cm³/mol. The first kappa shape index (κ1) is 26.8. The Bertz CT molecular complexity index is 904. The van der Waals surface area contributed by atoms with Crippen molar-refractivity contribution in [2.75, 3.05) is 45.7 Å². The molecule has 3 rings (SSSR count). The summed E-state index contributed by atoms with van der Waals surface area (Å²) in [6, 6.07) is 4.74. The minimum Gasteiger partial charge on any atom is -0.491 e. The van der Waals surface area contributed by atoms with E-state index in [9.17, 15) is 14.4 Å². The van der Waals surface area contributed by atoms with Gasteiger partial charge in [-0.1, -0.05) is 20.3 Å². The molecular formula is C26H40N4O5. The Morgan fingerprint density at radius 2 is 1.94 bits per heavy atom. The standard InChI is InChI=1S/C26H40N4O5/c1-6-12-27-26(33)30-14-17(2)23(34-5)15-29(4)25(32)21-11-10-20(13-22(21)35-16-18(30)3)28-24(31)19-8-7-9-19/h10-11,13,17-19,23H,6-9,12,14-16H2,1-5H3,(H,27,33)(H,28,31)/t17-,18-,23+/m1/s1. The Balaban J connectivity index is 1.90. The van der Waals surface area contributed by atoms with Crippen LogP contribution in [0, 0.1) is 11.8 Å². The number of nitrogens with zero attached hydrogens (tertiary/aromatic N) is 2. The molecule has 0 saturated heterocycles. The summed E-state index contributed by atoms with van der Waals surface area (Å²) in [5.74, 6) is 0.242. The normalized spacial score (nSPS) is 23.8. The van der Waals surface area contributed by atoms with Gasteiger partial charge in [0.2, 0.25) is 5.91 Å². The van der Waals surface area contributed by atoms with Gasteiger partial charge in [0, 0.05) is 57.4 Å². The Kier molecular flexibility index (Phi) is 9.37. The quantitative estimate of drug-likeness (QED) is 0.662. The Labute approximate surface area is 208 Å². The highest BCUT2D eigenvalue weighted by Crippen LogP contribution is 2.30. The number of fused-ring (bicyclic) bond motifs is 1. The smallest absolute Gasteiger partial charge is 0.317 e. The van der Waals surface area contributed by atoms with Gasteiger partial charge in [0.05, 0.1) is 17.7 Å². The lowest BCUT2D eigenvalue weighted by atomic mass is 9.85. The number of anilines is 1. The van der Waals surface area contributed by atoms with Gasteiger partial charge in [-0.15, -0.1) is 0 Å². The number of urea groups is 1. The molecule has 4 amide bonds. The molecule has 2 N–H and O–H groups in total. The predicted octanol–water partition coefficient (Wildman–Crippen LogP) is 3.35.